The summed E-state index contributed by atoms with van der Waals surface area (Å²) in [6.45, 7) is 5.22. The first kappa shape index (κ1) is 22.2. The van der Waals surface area contributed by atoms with E-state index < -0.39 is 10.0 Å². The second kappa shape index (κ2) is 8.83. The van der Waals surface area contributed by atoms with Crippen molar-refractivity contribution in [1.82, 2.24) is 20.0 Å². The first-order valence-corrected chi connectivity index (χ1v) is 11.5. The van der Waals surface area contributed by atoms with Gasteiger partial charge in [-0.25, -0.2) is 13.1 Å². The average Bonchev–Trinajstić information content (AvgIpc) is 3.13. The Hall–Kier alpha value is -4.05. The number of aryl methyl sites for hydroxylation is 2. The van der Waals surface area contributed by atoms with Crippen molar-refractivity contribution in [3.05, 3.63) is 83.7 Å². The third kappa shape index (κ3) is 5.07. The molecule has 0 atom stereocenters. The van der Waals surface area contributed by atoms with Crippen molar-refractivity contribution >= 4 is 21.5 Å². The van der Waals surface area contributed by atoms with Crippen LogP contribution in [0.3, 0.4) is 0 Å². The third-order valence-electron chi connectivity index (χ3n) is 4.73. The summed E-state index contributed by atoms with van der Waals surface area (Å²) in [7, 11) is -3.85. The molecule has 2 aromatic carbocycles. The summed E-state index contributed by atoms with van der Waals surface area (Å²) < 4.78 is 35.2. The molecule has 0 unspecified atom stereocenters. The van der Waals surface area contributed by atoms with E-state index in [0.29, 0.717) is 22.8 Å². The minimum Gasteiger partial charge on any atom is -0.438 e. The van der Waals surface area contributed by atoms with Crippen LogP contribution in [-0.4, -0.2) is 34.2 Å². The normalized spacial score (nSPS) is 11.2. The number of benzene rings is 2. The quantitative estimate of drug-likeness (QED) is 0.411. The summed E-state index contributed by atoms with van der Waals surface area (Å²) in [5.41, 5.74) is 2.51. The van der Waals surface area contributed by atoms with E-state index in [9.17, 15) is 13.2 Å². The topological polar surface area (TPSA) is 116 Å². The molecule has 4 aromatic rings. The Morgan fingerprint density at radius 3 is 2.33 bits per heavy atom. The lowest BCUT2D eigenvalue weighted by atomic mass is 10.2. The molecule has 168 valence electrons. The number of rotatable bonds is 7. The highest BCUT2D eigenvalue weighted by atomic mass is 32.2. The molecule has 2 aromatic heterocycles. The number of sulfonamides is 1. The van der Waals surface area contributed by atoms with Gasteiger partial charge in [0.15, 0.2) is 11.6 Å². The van der Waals surface area contributed by atoms with Crippen molar-refractivity contribution in [3.63, 3.8) is 0 Å². The van der Waals surface area contributed by atoms with Gasteiger partial charge < -0.3 is 4.74 Å². The Morgan fingerprint density at radius 2 is 1.73 bits per heavy atom. The smallest absolute Gasteiger partial charge is 0.261 e. The maximum absolute atomic E-state index is 12.6. The molecule has 0 bridgehead atoms. The van der Waals surface area contributed by atoms with Gasteiger partial charge in [-0.1, -0.05) is 12.1 Å². The lowest BCUT2D eigenvalue weighted by Crippen LogP contribution is -2.13. The van der Waals surface area contributed by atoms with Crippen molar-refractivity contribution in [3.8, 4) is 17.4 Å². The summed E-state index contributed by atoms with van der Waals surface area (Å²) in [5, 5.41) is 12.6. The van der Waals surface area contributed by atoms with Crippen LogP contribution >= 0.6 is 0 Å². The zero-order valence-electron chi connectivity index (χ0n) is 18.2. The van der Waals surface area contributed by atoms with E-state index in [4.69, 9.17) is 4.74 Å². The van der Waals surface area contributed by atoms with Crippen molar-refractivity contribution < 1.29 is 17.9 Å². The first-order chi connectivity index (χ1) is 15.7. The molecule has 0 aliphatic rings. The maximum Gasteiger partial charge on any atom is 0.261 e. The van der Waals surface area contributed by atoms with Crippen molar-refractivity contribution in [2.24, 2.45) is 0 Å². The molecule has 0 amide bonds. The molecule has 0 aliphatic heterocycles. The molecule has 0 saturated heterocycles. The van der Waals surface area contributed by atoms with Crippen molar-refractivity contribution in [1.29, 1.82) is 0 Å². The number of hydrogen-bond donors (Lipinski definition) is 1. The van der Waals surface area contributed by atoms with E-state index in [1.807, 2.05) is 19.9 Å². The van der Waals surface area contributed by atoms with Crippen LogP contribution in [0.4, 0.5) is 5.69 Å². The van der Waals surface area contributed by atoms with Crippen LogP contribution in [0.1, 0.15) is 28.7 Å². The molecule has 0 saturated carbocycles. The molecule has 2 heterocycles. The highest BCUT2D eigenvalue weighted by Gasteiger charge is 2.16. The minimum atomic E-state index is -3.85. The number of Topliss-reactive ketones (excluding diaryl/α,β-unsaturated/α-hetero) is 1. The number of nitrogens with one attached hydrogen (secondary N) is 1. The Labute approximate surface area is 191 Å². The summed E-state index contributed by atoms with van der Waals surface area (Å²) in [4.78, 5) is 11.5. The monoisotopic (exact) mass is 463 g/mol. The van der Waals surface area contributed by atoms with Gasteiger partial charge in [0.05, 0.1) is 10.6 Å². The molecule has 33 heavy (non-hydrogen) atoms. The predicted molar refractivity (Wildman–Crippen MR) is 122 cm³/mol. The number of anilines is 1. The summed E-state index contributed by atoms with van der Waals surface area (Å²) in [5.74, 6) is 1.12. The Morgan fingerprint density at radius 1 is 0.970 bits per heavy atom. The molecular formula is C23H21N5O4S. The number of carbonyl (C=O) groups is 1. The maximum atomic E-state index is 12.6. The number of carbonyl (C=O) groups excluding carboxylic acids is 1. The summed E-state index contributed by atoms with van der Waals surface area (Å²) in [6, 6.07) is 17.6. The van der Waals surface area contributed by atoms with Crippen LogP contribution in [0.5, 0.6) is 11.6 Å². The van der Waals surface area contributed by atoms with E-state index in [0.717, 1.165) is 11.4 Å². The molecule has 10 heteroatoms. The Kier molecular flexibility index (Phi) is 5.93. The van der Waals surface area contributed by atoms with E-state index in [1.165, 1.54) is 25.1 Å². The van der Waals surface area contributed by atoms with Gasteiger partial charge in [-0.3, -0.25) is 9.52 Å². The van der Waals surface area contributed by atoms with Gasteiger partial charge in [0.2, 0.25) is 5.88 Å². The number of aromatic nitrogens is 4. The summed E-state index contributed by atoms with van der Waals surface area (Å²) >= 11 is 0. The highest BCUT2D eigenvalue weighted by molar-refractivity contribution is 7.92. The van der Waals surface area contributed by atoms with Crippen LogP contribution in [0.25, 0.3) is 5.82 Å². The third-order valence-corrected chi connectivity index (χ3v) is 6.11. The van der Waals surface area contributed by atoms with Crippen LogP contribution in [0, 0.1) is 13.8 Å². The Balaban J connectivity index is 1.45. The molecular weight excluding hydrogens is 442 g/mol. The first-order valence-electron chi connectivity index (χ1n) is 10.0. The molecule has 0 aliphatic carbocycles. The largest absolute Gasteiger partial charge is 0.438 e. The molecule has 9 nitrogen and oxygen atoms in total. The number of nitrogens with zero attached hydrogens (tertiary/aromatic N) is 4. The zero-order chi connectivity index (χ0) is 23.6. The molecule has 0 radical (unpaired) electrons. The lowest BCUT2D eigenvalue weighted by Gasteiger charge is -2.10. The minimum absolute atomic E-state index is 0.00787. The number of ketones is 1. The van der Waals surface area contributed by atoms with Crippen LogP contribution in [-0.2, 0) is 10.0 Å². The zero-order valence-corrected chi connectivity index (χ0v) is 19.0. The summed E-state index contributed by atoms with van der Waals surface area (Å²) in [6.07, 6.45) is 0. The van der Waals surface area contributed by atoms with E-state index in [-0.39, 0.29) is 16.6 Å². The van der Waals surface area contributed by atoms with Gasteiger partial charge in [-0.05, 0) is 69.3 Å². The van der Waals surface area contributed by atoms with E-state index in [1.54, 1.807) is 47.1 Å². The highest BCUT2D eigenvalue weighted by Crippen LogP contribution is 2.23. The van der Waals surface area contributed by atoms with Gasteiger partial charge in [0.25, 0.3) is 10.0 Å². The van der Waals surface area contributed by atoms with Crippen molar-refractivity contribution in [2.45, 2.75) is 25.7 Å². The van der Waals surface area contributed by atoms with Crippen LogP contribution in [0.15, 0.2) is 71.6 Å². The predicted octanol–water partition coefficient (Wildman–Crippen LogP) is 4.07. The Bertz CT molecular complexity index is 1410. The molecule has 0 spiro atoms. The van der Waals surface area contributed by atoms with Crippen molar-refractivity contribution in [2.75, 3.05) is 4.72 Å². The standard InChI is InChI=1S/C23H21N5O4S/c1-15-13-16(2)28(26-15)22-11-12-23(25-24-22)32-20-9-7-19(8-10-20)27-33(30,31)21-6-4-5-18(14-21)17(3)29/h4-14,27H,1-3H3. The average molecular weight is 464 g/mol. The fraction of sp³-hybridized carbons (Fsp3) is 0.130. The van der Waals surface area contributed by atoms with Crippen LogP contribution in [0.2, 0.25) is 0 Å². The fourth-order valence-corrected chi connectivity index (χ4v) is 4.25. The molecule has 4 rings (SSSR count). The second-order valence-corrected chi connectivity index (χ2v) is 9.07. The van der Waals surface area contributed by atoms with Gasteiger partial charge in [-0.15, -0.1) is 10.2 Å². The molecule has 0 fully saturated rings. The second-order valence-electron chi connectivity index (χ2n) is 7.38. The van der Waals surface area contributed by atoms with Gasteiger partial charge in [-0.2, -0.15) is 5.10 Å². The number of ether oxygens (including phenoxy) is 1. The molecule has 1 N–H and O–H groups in total. The van der Waals surface area contributed by atoms with E-state index in [2.05, 4.69) is 20.0 Å². The fourth-order valence-electron chi connectivity index (χ4n) is 3.15. The van der Waals surface area contributed by atoms with Gasteiger partial charge >= 0.3 is 0 Å². The van der Waals surface area contributed by atoms with Gasteiger partial charge in [0.1, 0.15) is 5.75 Å². The SMILES string of the molecule is CC(=O)c1cccc(S(=O)(=O)Nc2ccc(Oc3ccc(-n4nc(C)cc4C)nn3)cc2)c1. The van der Waals surface area contributed by atoms with E-state index >= 15 is 0 Å². The van der Waals surface area contributed by atoms with Crippen LogP contribution < -0.4 is 9.46 Å². The lowest BCUT2D eigenvalue weighted by molar-refractivity contribution is 0.101. The van der Waals surface area contributed by atoms with Gasteiger partial charge in [0, 0.05) is 23.0 Å². The number of hydrogen-bond acceptors (Lipinski definition) is 7.